The Morgan fingerprint density at radius 2 is 1.89 bits per heavy atom. The van der Waals surface area contributed by atoms with E-state index in [1.54, 1.807) is 0 Å². The second-order valence-corrected chi connectivity index (χ2v) is 6.35. The van der Waals surface area contributed by atoms with Gasteiger partial charge in [0.2, 0.25) is 5.91 Å². The summed E-state index contributed by atoms with van der Waals surface area (Å²) in [7, 11) is 0. The number of hydrogen-bond acceptors (Lipinski definition) is 2. The van der Waals surface area contributed by atoms with E-state index in [1.807, 2.05) is 0 Å². The summed E-state index contributed by atoms with van der Waals surface area (Å²) in [6, 6.07) is 0.760. The molecule has 0 radical (unpaired) electrons. The second kappa shape index (κ2) is 7.13. The average molecular weight is 254 g/mol. The molecule has 0 aromatic heterocycles. The third-order valence-electron chi connectivity index (χ3n) is 4.62. The van der Waals surface area contributed by atoms with E-state index in [0.29, 0.717) is 24.4 Å². The maximum Gasteiger partial charge on any atom is 0.234 e. The van der Waals surface area contributed by atoms with Crippen LogP contribution in [0.25, 0.3) is 0 Å². The molecule has 0 heterocycles. The van der Waals surface area contributed by atoms with E-state index < -0.39 is 0 Å². The van der Waals surface area contributed by atoms with Crippen molar-refractivity contribution in [1.29, 1.82) is 0 Å². The van der Waals surface area contributed by atoms with Crippen molar-refractivity contribution in [1.82, 2.24) is 10.6 Å². The quantitative estimate of drug-likeness (QED) is 0.791. The summed E-state index contributed by atoms with van der Waals surface area (Å²) in [5, 5.41) is 6.48. The summed E-state index contributed by atoms with van der Waals surface area (Å²) in [5.74, 6) is 2.06. The van der Waals surface area contributed by atoms with Gasteiger partial charge >= 0.3 is 0 Å². The highest BCUT2D eigenvalue weighted by atomic mass is 16.1. The first-order valence-corrected chi connectivity index (χ1v) is 7.44. The molecule has 4 unspecified atom stereocenters. The highest BCUT2D eigenvalue weighted by molar-refractivity contribution is 5.78. The molecule has 4 atom stereocenters. The Morgan fingerprint density at radius 3 is 2.50 bits per heavy atom. The lowest BCUT2D eigenvalue weighted by Crippen LogP contribution is -2.47. The topological polar surface area (TPSA) is 41.1 Å². The van der Waals surface area contributed by atoms with Crippen LogP contribution in [0.3, 0.4) is 0 Å². The fourth-order valence-electron chi connectivity index (χ4n) is 2.57. The highest BCUT2D eigenvalue weighted by Gasteiger charge is 2.27. The molecule has 106 valence electrons. The number of nitrogens with one attached hydrogen (secondary N) is 2. The maximum absolute atomic E-state index is 11.8. The summed E-state index contributed by atoms with van der Waals surface area (Å²) in [6.45, 7) is 11.4. The molecular weight excluding hydrogens is 224 g/mol. The van der Waals surface area contributed by atoms with E-state index in [2.05, 4.69) is 45.3 Å². The van der Waals surface area contributed by atoms with Crippen molar-refractivity contribution >= 4 is 5.91 Å². The standard InChI is InChI=1S/C15H30N2O/c1-10(2)13(5)17-15(18)9-16-14-8-6-7-11(3)12(14)4/h10-14,16H,6-9H2,1-5H3,(H,17,18). The van der Waals surface area contributed by atoms with Gasteiger partial charge in [-0.2, -0.15) is 0 Å². The van der Waals surface area contributed by atoms with Crippen LogP contribution in [-0.2, 0) is 4.79 Å². The molecule has 1 amide bonds. The molecular formula is C15H30N2O. The fraction of sp³-hybridized carbons (Fsp3) is 0.933. The zero-order valence-electron chi connectivity index (χ0n) is 12.6. The summed E-state index contributed by atoms with van der Waals surface area (Å²) in [5.41, 5.74) is 0. The molecule has 0 aromatic rings. The van der Waals surface area contributed by atoms with Crippen molar-refractivity contribution < 1.29 is 4.79 Å². The van der Waals surface area contributed by atoms with Gasteiger partial charge in [0.1, 0.15) is 0 Å². The first-order valence-electron chi connectivity index (χ1n) is 7.44. The lowest BCUT2D eigenvalue weighted by Gasteiger charge is -2.34. The molecule has 1 saturated carbocycles. The van der Waals surface area contributed by atoms with Gasteiger partial charge in [-0.1, -0.05) is 40.5 Å². The van der Waals surface area contributed by atoms with Crippen molar-refractivity contribution in [2.45, 2.75) is 66.0 Å². The number of hydrogen-bond donors (Lipinski definition) is 2. The molecule has 1 fully saturated rings. The molecule has 2 N–H and O–H groups in total. The minimum Gasteiger partial charge on any atom is -0.352 e. The van der Waals surface area contributed by atoms with Gasteiger partial charge in [-0.05, 0) is 31.1 Å². The van der Waals surface area contributed by atoms with Gasteiger partial charge in [-0.25, -0.2) is 0 Å². The molecule has 0 bridgehead atoms. The van der Waals surface area contributed by atoms with E-state index in [9.17, 15) is 4.79 Å². The molecule has 1 rings (SSSR count). The molecule has 3 heteroatoms. The van der Waals surface area contributed by atoms with Crippen LogP contribution < -0.4 is 10.6 Å². The summed E-state index contributed by atoms with van der Waals surface area (Å²) >= 11 is 0. The van der Waals surface area contributed by atoms with Crippen molar-refractivity contribution in [2.24, 2.45) is 17.8 Å². The number of amides is 1. The maximum atomic E-state index is 11.8. The van der Waals surface area contributed by atoms with Gasteiger partial charge in [-0.3, -0.25) is 4.79 Å². The average Bonchev–Trinajstić information content (AvgIpc) is 2.31. The first kappa shape index (κ1) is 15.5. The molecule has 18 heavy (non-hydrogen) atoms. The van der Waals surface area contributed by atoms with Gasteiger partial charge in [-0.15, -0.1) is 0 Å². The Kier molecular flexibility index (Phi) is 6.13. The lowest BCUT2D eigenvalue weighted by atomic mass is 9.78. The van der Waals surface area contributed by atoms with Crippen LogP contribution in [0.2, 0.25) is 0 Å². The molecule has 0 aromatic carbocycles. The van der Waals surface area contributed by atoms with Crippen LogP contribution in [0.15, 0.2) is 0 Å². The van der Waals surface area contributed by atoms with E-state index in [0.717, 1.165) is 5.92 Å². The van der Waals surface area contributed by atoms with Crippen molar-refractivity contribution in [3.8, 4) is 0 Å². The Balaban J connectivity index is 2.29. The SMILES string of the molecule is CC(C)C(C)NC(=O)CNC1CCCC(C)C1C. The Labute approximate surface area is 112 Å². The van der Waals surface area contributed by atoms with E-state index in [-0.39, 0.29) is 11.9 Å². The predicted octanol–water partition coefficient (Wildman–Crippen LogP) is 2.56. The van der Waals surface area contributed by atoms with Crippen LogP contribution in [0.5, 0.6) is 0 Å². The number of carbonyl (C=O) groups excluding carboxylic acids is 1. The van der Waals surface area contributed by atoms with E-state index in [1.165, 1.54) is 19.3 Å². The highest BCUT2D eigenvalue weighted by Crippen LogP contribution is 2.29. The molecule has 0 saturated heterocycles. The number of carbonyl (C=O) groups is 1. The largest absolute Gasteiger partial charge is 0.352 e. The van der Waals surface area contributed by atoms with Crippen LogP contribution in [0.4, 0.5) is 0 Å². The van der Waals surface area contributed by atoms with Crippen LogP contribution in [0.1, 0.15) is 53.9 Å². The molecule has 0 spiro atoms. The smallest absolute Gasteiger partial charge is 0.234 e. The minimum absolute atomic E-state index is 0.127. The van der Waals surface area contributed by atoms with Crippen LogP contribution in [0, 0.1) is 17.8 Å². The van der Waals surface area contributed by atoms with E-state index >= 15 is 0 Å². The van der Waals surface area contributed by atoms with Gasteiger partial charge in [0.25, 0.3) is 0 Å². The van der Waals surface area contributed by atoms with Gasteiger partial charge in [0, 0.05) is 12.1 Å². The lowest BCUT2D eigenvalue weighted by molar-refractivity contribution is -0.121. The second-order valence-electron chi connectivity index (χ2n) is 6.35. The molecule has 3 nitrogen and oxygen atoms in total. The normalized spacial score (nSPS) is 30.2. The summed E-state index contributed by atoms with van der Waals surface area (Å²) in [6.07, 6.45) is 3.82. The fourth-order valence-corrected chi connectivity index (χ4v) is 2.57. The zero-order chi connectivity index (χ0) is 13.7. The Morgan fingerprint density at radius 1 is 1.22 bits per heavy atom. The van der Waals surface area contributed by atoms with Crippen LogP contribution in [-0.4, -0.2) is 24.5 Å². The molecule has 1 aliphatic carbocycles. The number of rotatable bonds is 5. The monoisotopic (exact) mass is 254 g/mol. The van der Waals surface area contributed by atoms with E-state index in [4.69, 9.17) is 0 Å². The van der Waals surface area contributed by atoms with Gasteiger partial charge < -0.3 is 10.6 Å². The third-order valence-corrected chi connectivity index (χ3v) is 4.62. The minimum atomic E-state index is 0.127. The van der Waals surface area contributed by atoms with Crippen LogP contribution >= 0.6 is 0 Å². The van der Waals surface area contributed by atoms with Gasteiger partial charge in [0.15, 0.2) is 0 Å². The third kappa shape index (κ3) is 4.60. The molecule has 0 aliphatic heterocycles. The summed E-state index contributed by atoms with van der Waals surface area (Å²) in [4.78, 5) is 11.8. The van der Waals surface area contributed by atoms with Crippen molar-refractivity contribution in [3.63, 3.8) is 0 Å². The Bertz CT molecular complexity index is 265. The zero-order valence-corrected chi connectivity index (χ0v) is 12.6. The Hall–Kier alpha value is -0.570. The molecule has 1 aliphatic rings. The van der Waals surface area contributed by atoms with Crippen molar-refractivity contribution in [3.05, 3.63) is 0 Å². The first-order chi connectivity index (χ1) is 8.41. The van der Waals surface area contributed by atoms with Gasteiger partial charge in [0.05, 0.1) is 6.54 Å². The predicted molar refractivity (Wildman–Crippen MR) is 76.4 cm³/mol. The summed E-state index contributed by atoms with van der Waals surface area (Å²) < 4.78 is 0. The van der Waals surface area contributed by atoms with Crippen molar-refractivity contribution in [2.75, 3.05) is 6.54 Å².